The van der Waals surface area contributed by atoms with Crippen LogP contribution in [0.25, 0.3) is 33.7 Å². The van der Waals surface area contributed by atoms with E-state index in [4.69, 9.17) is 9.97 Å². The number of nitrogens with zero attached hydrogens (tertiary/aromatic N) is 5. The molecule has 0 saturated carbocycles. The largest absolute Gasteiger partial charge is 0.370 e. The van der Waals surface area contributed by atoms with Crippen LogP contribution in [0.3, 0.4) is 0 Å². The summed E-state index contributed by atoms with van der Waals surface area (Å²) in [5.74, 6) is 1.23. The van der Waals surface area contributed by atoms with Gasteiger partial charge in [0.05, 0.1) is 11.2 Å². The molecule has 2 aliphatic heterocycles. The fourth-order valence-corrected chi connectivity index (χ4v) is 4.83. The number of anilines is 1. The second-order valence-electron chi connectivity index (χ2n) is 8.39. The third-order valence-corrected chi connectivity index (χ3v) is 6.48. The van der Waals surface area contributed by atoms with E-state index >= 15 is 0 Å². The zero-order valence-electron chi connectivity index (χ0n) is 17.0. The van der Waals surface area contributed by atoms with Crippen molar-refractivity contribution in [3.63, 3.8) is 0 Å². The lowest BCUT2D eigenvalue weighted by atomic mass is 9.94. The maximum absolute atomic E-state index is 5.01. The summed E-state index contributed by atoms with van der Waals surface area (Å²) in [5.41, 5.74) is 6.63. The molecule has 0 aliphatic carbocycles. The number of piperidine rings is 2. The lowest BCUT2D eigenvalue weighted by molar-refractivity contribution is 0.454. The molecule has 2 aliphatic rings. The van der Waals surface area contributed by atoms with E-state index in [2.05, 4.69) is 48.6 Å². The van der Waals surface area contributed by atoms with Crippen LogP contribution in [0.5, 0.6) is 0 Å². The van der Waals surface area contributed by atoms with E-state index in [1.807, 2.05) is 6.20 Å². The summed E-state index contributed by atoms with van der Waals surface area (Å²) in [6.07, 6.45) is 7.88. The first-order chi connectivity index (χ1) is 14.9. The smallest absolute Gasteiger partial charge is 0.180 e. The van der Waals surface area contributed by atoms with Crippen LogP contribution in [0.15, 0.2) is 24.4 Å². The number of fused-ring (bicyclic) bond motifs is 2. The zero-order valence-corrected chi connectivity index (χ0v) is 17.0. The Bertz CT molecular complexity index is 1180. The Morgan fingerprint density at radius 1 is 0.967 bits per heavy atom. The predicted octanol–water partition coefficient (Wildman–Crippen LogP) is 3.35. The molecule has 4 aromatic rings. The number of aromatic amines is 2. The van der Waals surface area contributed by atoms with Crippen LogP contribution in [0.2, 0.25) is 0 Å². The summed E-state index contributed by atoms with van der Waals surface area (Å²) in [7, 11) is 0. The minimum Gasteiger partial charge on any atom is -0.370 e. The second-order valence-corrected chi connectivity index (χ2v) is 8.39. The van der Waals surface area contributed by atoms with Gasteiger partial charge in [0.2, 0.25) is 0 Å². The molecule has 0 unspecified atom stereocenters. The topological polar surface area (TPSA) is 98.4 Å². The highest BCUT2D eigenvalue weighted by molar-refractivity contribution is 5.92. The first-order valence-corrected chi connectivity index (χ1v) is 11.0. The summed E-state index contributed by atoms with van der Waals surface area (Å²) < 4.78 is 0. The average molecular weight is 403 g/mol. The van der Waals surface area contributed by atoms with Gasteiger partial charge in [-0.25, -0.2) is 15.0 Å². The molecular weight excluding hydrogens is 376 g/mol. The number of nitrogens with one attached hydrogen (secondary N) is 3. The molecule has 154 valence electrons. The van der Waals surface area contributed by atoms with E-state index in [0.717, 1.165) is 78.4 Å². The number of rotatable bonds is 3. The van der Waals surface area contributed by atoms with Crippen LogP contribution in [0, 0.1) is 0 Å². The van der Waals surface area contributed by atoms with Crippen LogP contribution in [-0.4, -0.2) is 56.3 Å². The number of hydrogen-bond acceptors (Lipinski definition) is 6. The van der Waals surface area contributed by atoms with Gasteiger partial charge in [0.25, 0.3) is 0 Å². The molecule has 30 heavy (non-hydrogen) atoms. The Hall–Kier alpha value is -3.00. The zero-order chi connectivity index (χ0) is 19.9. The van der Waals surface area contributed by atoms with E-state index in [-0.39, 0.29) is 0 Å². The maximum Gasteiger partial charge on any atom is 0.180 e. The van der Waals surface area contributed by atoms with Gasteiger partial charge < -0.3 is 15.2 Å². The van der Waals surface area contributed by atoms with Crippen molar-refractivity contribution in [1.82, 2.24) is 35.5 Å². The Morgan fingerprint density at radius 3 is 2.70 bits per heavy atom. The van der Waals surface area contributed by atoms with Crippen molar-refractivity contribution in [2.75, 3.05) is 31.1 Å². The molecule has 0 aromatic carbocycles. The molecule has 6 heterocycles. The number of H-pyrrole nitrogens is 2. The van der Waals surface area contributed by atoms with Gasteiger partial charge in [-0.1, -0.05) is 0 Å². The van der Waals surface area contributed by atoms with Gasteiger partial charge in [-0.2, -0.15) is 5.10 Å². The van der Waals surface area contributed by atoms with Gasteiger partial charge in [0, 0.05) is 30.9 Å². The Kier molecular flexibility index (Phi) is 4.37. The van der Waals surface area contributed by atoms with Crippen molar-refractivity contribution >= 4 is 27.9 Å². The highest BCUT2D eigenvalue weighted by Gasteiger charge is 2.21. The first kappa shape index (κ1) is 17.8. The van der Waals surface area contributed by atoms with Crippen molar-refractivity contribution in [3.05, 3.63) is 30.1 Å². The second kappa shape index (κ2) is 7.36. The molecule has 3 N–H and O–H groups in total. The molecule has 0 radical (unpaired) electrons. The average Bonchev–Trinajstić information content (AvgIpc) is 3.43. The van der Waals surface area contributed by atoms with E-state index in [1.165, 1.54) is 24.9 Å². The van der Waals surface area contributed by atoms with E-state index in [0.29, 0.717) is 5.92 Å². The molecular formula is C22H26N8. The van der Waals surface area contributed by atoms with Crippen LogP contribution < -0.4 is 10.2 Å². The van der Waals surface area contributed by atoms with Crippen molar-refractivity contribution in [3.8, 4) is 11.5 Å². The van der Waals surface area contributed by atoms with Gasteiger partial charge in [-0.05, 0) is 63.4 Å². The summed E-state index contributed by atoms with van der Waals surface area (Å²) in [5, 5.41) is 11.1. The quantitative estimate of drug-likeness (QED) is 0.486. The highest BCUT2D eigenvalue weighted by Crippen LogP contribution is 2.31. The Balaban J connectivity index is 1.42. The van der Waals surface area contributed by atoms with Crippen molar-refractivity contribution < 1.29 is 0 Å². The van der Waals surface area contributed by atoms with Crippen molar-refractivity contribution in [2.45, 2.75) is 38.0 Å². The SMILES string of the molecule is c1cc(N2CCCCC2)c2[nH]c(-c3n[nH]c4ccc(C5CCNCC5)nc34)nc2n1. The molecule has 0 spiro atoms. The molecule has 6 rings (SSSR count). The third kappa shape index (κ3) is 3.02. The normalized spacial score (nSPS) is 18.5. The predicted molar refractivity (Wildman–Crippen MR) is 118 cm³/mol. The molecule has 8 heteroatoms. The summed E-state index contributed by atoms with van der Waals surface area (Å²) in [6, 6.07) is 6.32. The fraction of sp³-hybridized carbons (Fsp3) is 0.455. The number of pyridine rings is 2. The lowest BCUT2D eigenvalue weighted by Crippen LogP contribution is -2.29. The minimum atomic E-state index is 0.501. The molecule has 0 atom stereocenters. The standard InChI is InChI=1S/C22H26N8/c1-2-12-30(13-3-1)17-8-11-24-21-19(17)26-22(27-21)20-18-16(28-29-20)5-4-15(25-18)14-6-9-23-10-7-14/h4-5,8,11,14,23H,1-3,6-7,9-10,12-13H2,(H,28,29)(H,24,26,27). The van der Waals surface area contributed by atoms with E-state index in [1.54, 1.807) is 0 Å². The molecule has 0 amide bonds. The summed E-state index contributed by atoms with van der Waals surface area (Å²) in [4.78, 5) is 20.2. The van der Waals surface area contributed by atoms with Crippen molar-refractivity contribution in [2.24, 2.45) is 0 Å². The molecule has 2 fully saturated rings. The first-order valence-electron chi connectivity index (χ1n) is 11.0. The third-order valence-electron chi connectivity index (χ3n) is 6.48. The number of imidazole rings is 1. The highest BCUT2D eigenvalue weighted by atomic mass is 15.2. The van der Waals surface area contributed by atoms with Gasteiger partial charge in [-0.15, -0.1) is 0 Å². The minimum absolute atomic E-state index is 0.501. The van der Waals surface area contributed by atoms with Gasteiger partial charge in [-0.3, -0.25) is 5.10 Å². The Labute approximate surface area is 174 Å². The van der Waals surface area contributed by atoms with Crippen molar-refractivity contribution in [1.29, 1.82) is 0 Å². The number of aromatic nitrogens is 6. The van der Waals surface area contributed by atoms with Gasteiger partial charge in [0.15, 0.2) is 17.2 Å². The lowest BCUT2D eigenvalue weighted by Gasteiger charge is -2.28. The number of hydrogen-bond donors (Lipinski definition) is 3. The summed E-state index contributed by atoms with van der Waals surface area (Å²) in [6.45, 7) is 4.27. The summed E-state index contributed by atoms with van der Waals surface area (Å²) >= 11 is 0. The molecule has 4 aromatic heterocycles. The van der Waals surface area contributed by atoms with Crippen LogP contribution in [0.4, 0.5) is 5.69 Å². The van der Waals surface area contributed by atoms with Crippen LogP contribution in [-0.2, 0) is 0 Å². The van der Waals surface area contributed by atoms with Crippen LogP contribution in [0.1, 0.15) is 43.7 Å². The van der Waals surface area contributed by atoms with Gasteiger partial charge >= 0.3 is 0 Å². The van der Waals surface area contributed by atoms with Gasteiger partial charge in [0.1, 0.15) is 11.0 Å². The Morgan fingerprint density at radius 2 is 1.83 bits per heavy atom. The molecule has 8 nitrogen and oxygen atoms in total. The maximum atomic E-state index is 5.01. The van der Waals surface area contributed by atoms with E-state index in [9.17, 15) is 0 Å². The fourth-order valence-electron chi connectivity index (χ4n) is 4.83. The molecule has 2 saturated heterocycles. The van der Waals surface area contributed by atoms with E-state index < -0.39 is 0 Å². The molecule has 0 bridgehead atoms. The monoisotopic (exact) mass is 402 g/mol. The van der Waals surface area contributed by atoms with Crippen LogP contribution >= 0.6 is 0 Å².